The molecule has 1 atom stereocenters. The van der Waals surface area contributed by atoms with Gasteiger partial charge in [-0.2, -0.15) is 0 Å². The van der Waals surface area contributed by atoms with Crippen LogP contribution < -0.4 is 14.8 Å². The molecule has 1 amide bonds. The van der Waals surface area contributed by atoms with E-state index in [4.69, 9.17) is 9.47 Å². The van der Waals surface area contributed by atoms with Gasteiger partial charge in [0.2, 0.25) is 5.91 Å². The van der Waals surface area contributed by atoms with Gasteiger partial charge < -0.3 is 24.6 Å². The Labute approximate surface area is 198 Å². The molecule has 0 radical (unpaired) electrons. The molecule has 2 rings (SSSR count). The summed E-state index contributed by atoms with van der Waals surface area (Å²) in [4.78, 5) is 20.8. The van der Waals surface area contributed by atoms with Gasteiger partial charge in [0, 0.05) is 46.7 Å². The molecule has 0 spiro atoms. The number of nitrogens with one attached hydrogen (secondary N) is 1. The maximum absolute atomic E-state index is 12.4. The number of methoxy groups -OCH3 is 2. The number of likely N-dealkylation sites (N-methyl/N-ethyl adjacent to an activating group) is 1. The van der Waals surface area contributed by atoms with Gasteiger partial charge in [-0.15, -0.1) is 24.0 Å². The molecule has 30 heavy (non-hydrogen) atoms. The number of hydrogen-bond acceptors (Lipinski definition) is 4. The first-order chi connectivity index (χ1) is 14.0. The van der Waals surface area contributed by atoms with Crippen LogP contribution in [0.1, 0.15) is 31.7 Å². The second-order valence-corrected chi connectivity index (χ2v) is 7.67. The standard InChI is InChI=1S/C22H36N4O3.HI/c1-17-7-6-13-26(16-17)21(27)10-12-24-22(23-2)25(3)14-11-18-8-9-19(28-4)20(15-18)29-5;/h8-9,15,17H,6-7,10-14,16H2,1-5H3,(H,23,24);1H. The van der Waals surface area contributed by atoms with Gasteiger partial charge in [-0.25, -0.2) is 0 Å². The molecule has 1 aliphatic heterocycles. The maximum atomic E-state index is 12.4. The van der Waals surface area contributed by atoms with Crippen LogP contribution in [-0.2, 0) is 11.2 Å². The fourth-order valence-corrected chi connectivity index (χ4v) is 3.68. The summed E-state index contributed by atoms with van der Waals surface area (Å²) in [6, 6.07) is 5.97. The highest BCUT2D eigenvalue weighted by atomic mass is 127. The number of guanidine groups is 1. The normalized spacial score (nSPS) is 16.5. The lowest BCUT2D eigenvalue weighted by Crippen LogP contribution is -2.43. The minimum absolute atomic E-state index is 0. The number of halogens is 1. The predicted molar refractivity (Wildman–Crippen MR) is 132 cm³/mol. The van der Waals surface area contributed by atoms with Crippen LogP contribution >= 0.6 is 24.0 Å². The fraction of sp³-hybridized carbons (Fsp3) is 0.636. The van der Waals surface area contributed by atoms with Crippen LogP contribution in [0, 0.1) is 5.92 Å². The largest absolute Gasteiger partial charge is 0.493 e. The molecule has 0 bridgehead atoms. The van der Waals surface area contributed by atoms with Gasteiger partial charge in [-0.3, -0.25) is 9.79 Å². The Morgan fingerprint density at radius 3 is 2.67 bits per heavy atom. The van der Waals surface area contributed by atoms with E-state index < -0.39 is 0 Å². The van der Waals surface area contributed by atoms with E-state index in [1.807, 2.05) is 30.1 Å². The van der Waals surface area contributed by atoms with Gasteiger partial charge >= 0.3 is 0 Å². The zero-order chi connectivity index (χ0) is 21.2. The van der Waals surface area contributed by atoms with Crippen molar-refractivity contribution in [2.24, 2.45) is 10.9 Å². The van der Waals surface area contributed by atoms with Gasteiger partial charge in [0.1, 0.15) is 0 Å². The molecule has 1 N–H and O–H groups in total. The summed E-state index contributed by atoms with van der Waals surface area (Å²) in [6.07, 6.45) is 3.68. The number of benzene rings is 1. The van der Waals surface area contributed by atoms with Crippen LogP contribution in [0.4, 0.5) is 0 Å². The van der Waals surface area contributed by atoms with Crippen molar-refractivity contribution in [3.05, 3.63) is 23.8 Å². The van der Waals surface area contributed by atoms with E-state index in [-0.39, 0.29) is 29.9 Å². The Bertz CT molecular complexity index is 699. The van der Waals surface area contributed by atoms with E-state index in [9.17, 15) is 4.79 Å². The summed E-state index contributed by atoms with van der Waals surface area (Å²) in [5.41, 5.74) is 1.17. The first kappa shape index (κ1) is 26.3. The molecule has 1 unspecified atom stereocenters. The average molecular weight is 532 g/mol. The Morgan fingerprint density at radius 2 is 2.03 bits per heavy atom. The fourth-order valence-electron chi connectivity index (χ4n) is 3.68. The molecule has 0 aromatic heterocycles. The quantitative estimate of drug-likeness (QED) is 0.317. The van der Waals surface area contributed by atoms with Crippen LogP contribution in [-0.4, -0.2) is 76.2 Å². The zero-order valence-electron chi connectivity index (χ0n) is 18.9. The number of aliphatic imine (C=N–C) groups is 1. The lowest BCUT2D eigenvalue weighted by atomic mass is 10.00. The lowest BCUT2D eigenvalue weighted by Gasteiger charge is -2.31. The highest BCUT2D eigenvalue weighted by Gasteiger charge is 2.20. The molecule has 7 nitrogen and oxygen atoms in total. The van der Waals surface area contributed by atoms with Crippen LogP contribution in [0.15, 0.2) is 23.2 Å². The highest BCUT2D eigenvalue weighted by Crippen LogP contribution is 2.27. The Kier molecular flexibility index (Phi) is 11.9. The van der Waals surface area contributed by atoms with Crippen molar-refractivity contribution in [3.63, 3.8) is 0 Å². The third-order valence-electron chi connectivity index (χ3n) is 5.39. The summed E-state index contributed by atoms with van der Waals surface area (Å²) in [5.74, 6) is 3.10. The molecule has 1 aromatic rings. The number of carbonyl (C=O) groups excluding carboxylic acids is 1. The Balaban J connectivity index is 0.00000450. The van der Waals surface area contributed by atoms with Crippen LogP contribution in [0.3, 0.4) is 0 Å². The number of piperidine rings is 1. The van der Waals surface area contributed by atoms with E-state index >= 15 is 0 Å². The van der Waals surface area contributed by atoms with E-state index in [1.54, 1.807) is 21.3 Å². The lowest BCUT2D eigenvalue weighted by molar-refractivity contribution is -0.132. The number of ether oxygens (including phenoxy) is 2. The number of carbonyl (C=O) groups is 1. The monoisotopic (exact) mass is 532 g/mol. The van der Waals surface area contributed by atoms with Gasteiger partial charge in [0.25, 0.3) is 0 Å². The number of amides is 1. The molecule has 0 saturated carbocycles. The first-order valence-corrected chi connectivity index (χ1v) is 10.4. The summed E-state index contributed by atoms with van der Waals surface area (Å²) < 4.78 is 10.7. The van der Waals surface area contributed by atoms with Crippen molar-refractivity contribution in [2.45, 2.75) is 32.6 Å². The number of likely N-dealkylation sites (tertiary alicyclic amines) is 1. The third-order valence-corrected chi connectivity index (χ3v) is 5.39. The van der Waals surface area contributed by atoms with Crippen LogP contribution in [0.5, 0.6) is 11.5 Å². The Hall–Kier alpha value is -1.71. The van der Waals surface area contributed by atoms with Crippen LogP contribution in [0.25, 0.3) is 0 Å². The molecule has 1 aromatic carbocycles. The van der Waals surface area contributed by atoms with Gasteiger partial charge in [0.15, 0.2) is 17.5 Å². The molecule has 170 valence electrons. The molecular formula is C22H37IN4O3. The second kappa shape index (κ2) is 13.6. The highest BCUT2D eigenvalue weighted by molar-refractivity contribution is 14.0. The number of hydrogen-bond donors (Lipinski definition) is 1. The molecule has 1 heterocycles. The number of nitrogens with zero attached hydrogens (tertiary/aromatic N) is 3. The first-order valence-electron chi connectivity index (χ1n) is 10.4. The SMILES string of the molecule is CN=C(NCCC(=O)N1CCCC(C)C1)N(C)CCc1ccc(OC)c(OC)c1.I. The van der Waals surface area contributed by atoms with Crippen molar-refractivity contribution < 1.29 is 14.3 Å². The van der Waals surface area contributed by atoms with Crippen molar-refractivity contribution in [1.82, 2.24) is 15.1 Å². The maximum Gasteiger partial charge on any atom is 0.224 e. The van der Waals surface area contributed by atoms with Gasteiger partial charge in [0.05, 0.1) is 14.2 Å². The zero-order valence-corrected chi connectivity index (χ0v) is 21.3. The van der Waals surface area contributed by atoms with E-state index in [2.05, 4.69) is 22.1 Å². The van der Waals surface area contributed by atoms with Crippen molar-refractivity contribution in [1.29, 1.82) is 0 Å². The Morgan fingerprint density at radius 1 is 1.30 bits per heavy atom. The summed E-state index contributed by atoms with van der Waals surface area (Å²) in [5, 5.41) is 3.31. The van der Waals surface area contributed by atoms with Gasteiger partial charge in [-0.1, -0.05) is 13.0 Å². The van der Waals surface area contributed by atoms with E-state index in [0.29, 0.717) is 18.9 Å². The molecule has 1 aliphatic rings. The topological polar surface area (TPSA) is 66.4 Å². The minimum atomic E-state index is 0. The van der Waals surface area contributed by atoms with Crippen LogP contribution in [0.2, 0.25) is 0 Å². The van der Waals surface area contributed by atoms with E-state index in [0.717, 1.165) is 49.9 Å². The summed E-state index contributed by atoms with van der Waals surface area (Å²) >= 11 is 0. The molecular weight excluding hydrogens is 495 g/mol. The third kappa shape index (κ3) is 7.85. The molecule has 1 saturated heterocycles. The van der Waals surface area contributed by atoms with Crippen molar-refractivity contribution in [3.8, 4) is 11.5 Å². The molecule has 0 aliphatic carbocycles. The van der Waals surface area contributed by atoms with Gasteiger partial charge in [-0.05, 0) is 42.9 Å². The molecule has 8 heteroatoms. The predicted octanol–water partition coefficient (Wildman–Crippen LogP) is 3.02. The summed E-state index contributed by atoms with van der Waals surface area (Å²) in [7, 11) is 7.05. The summed E-state index contributed by atoms with van der Waals surface area (Å²) in [6.45, 7) is 5.39. The smallest absolute Gasteiger partial charge is 0.224 e. The van der Waals surface area contributed by atoms with Crippen molar-refractivity contribution in [2.75, 3.05) is 54.5 Å². The van der Waals surface area contributed by atoms with E-state index in [1.165, 1.54) is 12.0 Å². The number of rotatable bonds is 8. The second-order valence-electron chi connectivity index (χ2n) is 7.67. The minimum Gasteiger partial charge on any atom is -0.493 e. The van der Waals surface area contributed by atoms with Crippen molar-refractivity contribution >= 4 is 35.8 Å². The average Bonchev–Trinajstić information content (AvgIpc) is 2.74. The molecule has 1 fully saturated rings.